The number of rotatable bonds is 2. The molecular formula is C13H14ClF2NO2. The van der Waals surface area contributed by atoms with Crippen LogP contribution in [0.1, 0.15) is 24.2 Å². The van der Waals surface area contributed by atoms with Crippen LogP contribution in [0.25, 0.3) is 0 Å². The van der Waals surface area contributed by atoms with Crippen LogP contribution in [0, 0.1) is 17.6 Å². The molecule has 1 fully saturated rings. The minimum Gasteiger partial charge on any atom is -0.386 e. The second-order valence-corrected chi connectivity index (χ2v) is 5.57. The van der Waals surface area contributed by atoms with Gasteiger partial charge in [0.05, 0.1) is 23.7 Å². The summed E-state index contributed by atoms with van der Waals surface area (Å²) in [5.41, 5.74) is -1.32. The van der Waals surface area contributed by atoms with Crippen LogP contribution >= 0.6 is 11.6 Å². The molecule has 1 amide bonds. The molecule has 3 nitrogen and oxygen atoms in total. The second-order valence-electron chi connectivity index (χ2n) is 5.17. The first-order chi connectivity index (χ1) is 8.74. The monoisotopic (exact) mass is 289 g/mol. The number of amides is 1. The molecule has 6 heteroatoms. The molecule has 2 rings (SSSR count). The predicted molar refractivity (Wildman–Crippen MR) is 67.1 cm³/mol. The maximum atomic E-state index is 13.6. The molecule has 1 aliphatic rings. The third-order valence-electron chi connectivity index (χ3n) is 3.53. The molecule has 0 aromatic heterocycles. The number of β-amino-alcohol motifs (C(OH)–C–C–N with tert-alkyl or cyclic N) is 1. The molecule has 1 heterocycles. The number of benzene rings is 1. The molecule has 1 aliphatic heterocycles. The molecule has 0 radical (unpaired) electrons. The van der Waals surface area contributed by atoms with Gasteiger partial charge in [0.15, 0.2) is 0 Å². The van der Waals surface area contributed by atoms with Crippen LogP contribution in [0.5, 0.6) is 0 Å². The summed E-state index contributed by atoms with van der Waals surface area (Å²) in [6.07, 6.45) is 0. The van der Waals surface area contributed by atoms with Gasteiger partial charge in [0, 0.05) is 0 Å². The molecule has 19 heavy (non-hydrogen) atoms. The summed E-state index contributed by atoms with van der Waals surface area (Å²) in [5, 5.41) is 9.67. The van der Waals surface area contributed by atoms with Crippen LogP contribution in [-0.2, 0) is 0 Å². The fourth-order valence-corrected chi connectivity index (χ4v) is 2.13. The Labute approximate surface area is 114 Å². The largest absolute Gasteiger partial charge is 0.386 e. The van der Waals surface area contributed by atoms with E-state index in [2.05, 4.69) is 0 Å². The highest BCUT2D eigenvalue weighted by molar-refractivity contribution is 6.30. The minimum absolute atomic E-state index is 0.0108. The molecule has 0 unspecified atom stereocenters. The molecule has 0 spiro atoms. The number of hydrogen-bond donors (Lipinski definition) is 1. The lowest BCUT2D eigenvalue weighted by molar-refractivity contribution is -0.111. The van der Waals surface area contributed by atoms with Gasteiger partial charge in [-0.25, -0.2) is 8.78 Å². The van der Waals surface area contributed by atoms with Gasteiger partial charge in [-0.05, 0) is 18.1 Å². The van der Waals surface area contributed by atoms with E-state index in [4.69, 9.17) is 11.6 Å². The lowest BCUT2D eigenvalue weighted by Crippen LogP contribution is -2.66. The summed E-state index contributed by atoms with van der Waals surface area (Å²) in [5.74, 6) is -2.36. The van der Waals surface area contributed by atoms with Crippen LogP contribution in [0.4, 0.5) is 8.78 Å². The van der Waals surface area contributed by atoms with E-state index in [1.165, 1.54) is 4.90 Å². The highest BCUT2D eigenvalue weighted by Gasteiger charge is 2.46. The van der Waals surface area contributed by atoms with Crippen LogP contribution < -0.4 is 0 Å². The van der Waals surface area contributed by atoms with Crippen LogP contribution in [0.3, 0.4) is 0 Å². The highest BCUT2D eigenvalue weighted by Crippen LogP contribution is 2.30. The second kappa shape index (κ2) is 4.72. The first kappa shape index (κ1) is 14.2. The van der Waals surface area contributed by atoms with Gasteiger partial charge in [0.25, 0.3) is 5.91 Å². The Kier molecular flexibility index (Phi) is 3.53. The molecule has 1 saturated heterocycles. The summed E-state index contributed by atoms with van der Waals surface area (Å²) in [7, 11) is 0. The molecule has 1 aromatic carbocycles. The number of aliphatic hydroxyl groups is 1. The predicted octanol–water partition coefficient (Wildman–Crippen LogP) is 2.46. The van der Waals surface area contributed by atoms with Crippen molar-refractivity contribution in [3.8, 4) is 0 Å². The quantitative estimate of drug-likeness (QED) is 0.850. The topological polar surface area (TPSA) is 40.5 Å². The minimum atomic E-state index is -0.947. The zero-order valence-electron chi connectivity index (χ0n) is 10.6. The van der Waals surface area contributed by atoms with E-state index in [1.807, 2.05) is 13.8 Å². The van der Waals surface area contributed by atoms with E-state index in [0.717, 1.165) is 12.1 Å². The number of carbonyl (C=O) groups excluding carboxylic acids is 1. The van der Waals surface area contributed by atoms with Crippen molar-refractivity contribution in [2.75, 3.05) is 13.1 Å². The van der Waals surface area contributed by atoms with Gasteiger partial charge in [0.1, 0.15) is 17.2 Å². The van der Waals surface area contributed by atoms with Gasteiger partial charge < -0.3 is 10.0 Å². The first-order valence-corrected chi connectivity index (χ1v) is 6.28. The van der Waals surface area contributed by atoms with Crippen LogP contribution in [0.15, 0.2) is 12.1 Å². The molecular weight excluding hydrogens is 276 g/mol. The Balaban J connectivity index is 2.17. The third-order valence-corrected chi connectivity index (χ3v) is 3.82. The van der Waals surface area contributed by atoms with Crippen LogP contribution in [0.2, 0.25) is 5.02 Å². The Morgan fingerprint density at radius 1 is 1.37 bits per heavy atom. The van der Waals surface area contributed by atoms with Gasteiger partial charge in [-0.1, -0.05) is 25.4 Å². The maximum absolute atomic E-state index is 13.6. The van der Waals surface area contributed by atoms with E-state index >= 15 is 0 Å². The Hall–Kier alpha value is -1.20. The fourth-order valence-electron chi connectivity index (χ4n) is 1.98. The molecule has 0 aliphatic carbocycles. The Morgan fingerprint density at radius 3 is 2.47 bits per heavy atom. The van der Waals surface area contributed by atoms with Crippen molar-refractivity contribution < 1.29 is 18.7 Å². The van der Waals surface area contributed by atoms with Crippen molar-refractivity contribution >= 4 is 17.5 Å². The normalized spacial score (nSPS) is 17.5. The third kappa shape index (κ3) is 2.44. The number of hydrogen-bond acceptors (Lipinski definition) is 2. The van der Waals surface area contributed by atoms with E-state index in [-0.39, 0.29) is 29.6 Å². The van der Waals surface area contributed by atoms with E-state index in [0.29, 0.717) is 0 Å². The van der Waals surface area contributed by atoms with E-state index in [9.17, 15) is 18.7 Å². The zero-order valence-corrected chi connectivity index (χ0v) is 11.3. The van der Waals surface area contributed by atoms with E-state index < -0.39 is 23.1 Å². The van der Waals surface area contributed by atoms with Gasteiger partial charge in [0.2, 0.25) is 0 Å². The van der Waals surface area contributed by atoms with E-state index in [1.54, 1.807) is 0 Å². The Bertz CT molecular complexity index is 528. The van der Waals surface area contributed by atoms with Gasteiger partial charge in [-0.3, -0.25) is 4.79 Å². The summed E-state index contributed by atoms with van der Waals surface area (Å²) >= 11 is 5.43. The first-order valence-electron chi connectivity index (χ1n) is 5.91. The van der Waals surface area contributed by atoms with Crippen molar-refractivity contribution in [1.82, 2.24) is 4.90 Å². The maximum Gasteiger partial charge on any atom is 0.257 e. The summed E-state index contributed by atoms with van der Waals surface area (Å²) < 4.78 is 26.9. The summed E-state index contributed by atoms with van der Waals surface area (Å²) in [4.78, 5) is 13.3. The van der Waals surface area contributed by atoms with Crippen molar-refractivity contribution in [3.63, 3.8) is 0 Å². The smallest absolute Gasteiger partial charge is 0.257 e. The number of nitrogens with zero attached hydrogens (tertiary/aromatic N) is 1. The highest BCUT2D eigenvalue weighted by atomic mass is 35.5. The number of halogens is 3. The van der Waals surface area contributed by atoms with Gasteiger partial charge in [-0.15, -0.1) is 0 Å². The van der Waals surface area contributed by atoms with Crippen molar-refractivity contribution in [2.24, 2.45) is 5.92 Å². The van der Waals surface area contributed by atoms with Crippen molar-refractivity contribution in [3.05, 3.63) is 34.4 Å². The summed E-state index contributed by atoms with van der Waals surface area (Å²) in [6, 6.07) is 1.56. The average molecular weight is 290 g/mol. The summed E-state index contributed by atoms with van der Waals surface area (Å²) in [6.45, 7) is 3.91. The number of likely N-dealkylation sites (tertiary alicyclic amines) is 1. The van der Waals surface area contributed by atoms with Gasteiger partial charge in [-0.2, -0.15) is 0 Å². The lowest BCUT2D eigenvalue weighted by atomic mass is 9.82. The average Bonchev–Trinajstić information content (AvgIpc) is 2.28. The molecule has 0 atom stereocenters. The fraction of sp³-hybridized carbons (Fsp3) is 0.462. The lowest BCUT2D eigenvalue weighted by Gasteiger charge is -2.49. The van der Waals surface area contributed by atoms with Crippen molar-refractivity contribution in [2.45, 2.75) is 19.4 Å². The standard InChI is InChI=1S/C13H14ClF2NO2/c1-7(2)13(19)5-17(6-13)12(18)8-3-11(16)9(14)4-10(8)15/h3-4,7,19H,5-6H2,1-2H3. The SMILES string of the molecule is CC(C)C1(O)CN(C(=O)c2cc(F)c(Cl)cc2F)C1. The molecule has 0 saturated carbocycles. The molecule has 104 valence electrons. The molecule has 1 N–H and O–H groups in total. The Morgan fingerprint density at radius 2 is 1.95 bits per heavy atom. The van der Waals surface area contributed by atoms with Crippen LogP contribution in [-0.4, -0.2) is 34.6 Å². The molecule has 1 aromatic rings. The van der Waals surface area contributed by atoms with Crippen molar-refractivity contribution in [1.29, 1.82) is 0 Å². The molecule has 0 bridgehead atoms. The number of carbonyl (C=O) groups is 1. The van der Waals surface area contributed by atoms with Gasteiger partial charge >= 0.3 is 0 Å². The zero-order chi connectivity index (χ0) is 14.4.